The number of benzene rings is 1. The van der Waals surface area contributed by atoms with E-state index in [0.29, 0.717) is 12.5 Å². The molecule has 0 aliphatic carbocycles. The molecule has 104 valence electrons. The van der Waals surface area contributed by atoms with Crippen molar-refractivity contribution in [2.45, 2.75) is 13.8 Å². The van der Waals surface area contributed by atoms with Gasteiger partial charge in [0.25, 0.3) is 0 Å². The third-order valence-electron chi connectivity index (χ3n) is 2.05. The fraction of sp³-hybridized carbons (Fsp3) is 0.333. The number of hydrogen-bond acceptors (Lipinski definition) is 1. The summed E-state index contributed by atoms with van der Waals surface area (Å²) in [5.74, 6) is -1.21. The molecule has 0 heterocycles. The van der Waals surface area contributed by atoms with E-state index in [-0.39, 0.29) is 17.6 Å². The van der Waals surface area contributed by atoms with Crippen molar-refractivity contribution >= 4 is 17.6 Å². The van der Waals surface area contributed by atoms with Gasteiger partial charge in [-0.1, -0.05) is 13.8 Å². The summed E-state index contributed by atoms with van der Waals surface area (Å²) in [5.41, 5.74) is 11.1. The van der Waals surface area contributed by atoms with Gasteiger partial charge in [0, 0.05) is 12.6 Å². The Morgan fingerprint density at radius 1 is 1.32 bits per heavy atom. The van der Waals surface area contributed by atoms with Crippen LogP contribution in [0.2, 0.25) is 0 Å². The van der Waals surface area contributed by atoms with Crippen LogP contribution in [0, 0.1) is 17.6 Å². The molecular weight excluding hydrogens is 252 g/mol. The van der Waals surface area contributed by atoms with Crippen LogP contribution in [0.5, 0.6) is 0 Å². The Bertz CT molecular complexity index is 497. The highest BCUT2D eigenvalue weighted by molar-refractivity contribution is 6.00. The van der Waals surface area contributed by atoms with Gasteiger partial charge in [0.1, 0.15) is 11.6 Å². The molecule has 1 rings (SSSR count). The molecular formula is C12H17F2N5. The van der Waals surface area contributed by atoms with Gasteiger partial charge < -0.3 is 16.8 Å². The zero-order valence-electron chi connectivity index (χ0n) is 10.8. The molecule has 0 saturated heterocycles. The van der Waals surface area contributed by atoms with E-state index in [1.165, 1.54) is 6.07 Å². The summed E-state index contributed by atoms with van der Waals surface area (Å²) in [6.45, 7) is 4.49. The first kappa shape index (κ1) is 14.9. The van der Waals surface area contributed by atoms with E-state index >= 15 is 0 Å². The minimum absolute atomic E-state index is 0.00113. The van der Waals surface area contributed by atoms with Crippen LogP contribution in [0.4, 0.5) is 14.5 Å². The van der Waals surface area contributed by atoms with E-state index < -0.39 is 11.6 Å². The number of hydrogen-bond donors (Lipinski definition) is 3. The molecule has 1 aromatic carbocycles. The maximum atomic E-state index is 13.3. The van der Waals surface area contributed by atoms with Gasteiger partial charge in [0.05, 0.1) is 5.69 Å². The average molecular weight is 269 g/mol. The number of anilines is 1. The fourth-order valence-electron chi connectivity index (χ4n) is 1.19. The van der Waals surface area contributed by atoms with Crippen molar-refractivity contribution in [2.24, 2.45) is 27.4 Å². The third kappa shape index (κ3) is 5.33. The molecule has 0 unspecified atom stereocenters. The second kappa shape index (κ2) is 6.67. The largest absolute Gasteiger partial charge is 0.369 e. The number of guanidine groups is 2. The fourth-order valence-corrected chi connectivity index (χ4v) is 1.19. The minimum atomic E-state index is -0.768. The van der Waals surface area contributed by atoms with Crippen molar-refractivity contribution in [3.63, 3.8) is 0 Å². The molecule has 0 radical (unpaired) electrons. The van der Waals surface area contributed by atoms with E-state index in [9.17, 15) is 8.78 Å². The Labute approximate surface area is 110 Å². The third-order valence-corrected chi connectivity index (χ3v) is 2.05. The van der Waals surface area contributed by atoms with Crippen LogP contribution < -0.4 is 16.8 Å². The molecule has 19 heavy (non-hydrogen) atoms. The summed E-state index contributed by atoms with van der Waals surface area (Å²) in [6, 6.07) is 3.06. The van der Waals surface area contributed by atoms with Crippen molar-refractivity contribution in [2.75, 3.05) is 11.9 Å². The van der Waals surface area contributed by atoms with E-state index in [4.69, 9.17) is 11.5 Å². The molecule has 5 N–H and O–H groups in total. The molecule has 0 spiro atoms. The second-order valence-electron chi connectivity index (χ2n) is 4.34. The zero-order chi connectivity index (χ0) is 14.4. The molecule has 0 atom stereocenters. The lowest BCUT2D eigenvalue weighted by Gasteiger charge is -2.06. The summed E-state index contributed by atoms with van der Waals surface area (Å²) >= 11 is 0. The van der Waals surface area contributed by atoms with Crippen LogP contribution in [0.3, 0.4) is 0 Å². The highest BCUT2D eigenvalue weighted by Gasteiger charge is 2.04. The lowest BCUT2D eigenvalue weighted by molar-refractivity contribution is 0.586. The van der Waals surface area contributed by atoms with Crippen molar-refractivity contribution in [1.82, 2.24) is 0 Å². The van der Waals surface area contributed by atoms with Gasteiger partial charge in [-0.25, -0.2) is 8.78 Å². The van der Waals surface area contributed by atoms with Gasteiger partial charge in [-0.2, -0.15) is 4.99 Å². The Kier molecular flexibility index (Phi) is 5.23. The SMILES string of the molecule is CC(C)CN=C(N)N=C(N)Nc1ccc(F)cc1F. The summed E-state index contributed by atoms with van der Waals surface area (Å²) in [6.07, 6.45) is 0. The quantitative estimate of drug-likeness (QED) is 0.576. The summed E-state index contributed by atoms with van der Waals surface area (Å²) in [7, 11) is 0. The number of halogens is 2. The van der Waals surface area contributed by atoms with E-state index in [2.05, 4.69) is 15.3 Å². The van der Waals surface area contributed by atoms with Crippen molar-refractivity contribution in [1.29, 1.82) is 0 Å². The number of aliphatic imine (C=N–C) groups is 2. The summed E-state index contributed by atoms with van der Waals surface area (Å²) in [5, 5.41) is 2.48. The van der Waals surface area contributed by atoms with Gasteiger partial charge in [0.2, 0.25) is 11.9 Å². The van der Waals surface area contributed by atoms with Crippen molar-refractivity contribution in [3.05, 3.63) is 29.8 Å². The first-order valence-electron chi connectivity index (χ1n) is 5.74. The smallest absolute Gasteiger partial charge is 0.218 e. The van der Waals surface area contributed by atoms with Crippen LogP contribution in [0.25, 0.3) is 0 Å². The van der Waals surface area contributed by atoms with Crippen LogP contribution in [0.1, 0.15) is 13.8 Å². The highest BCUT2D eigenvalue weighted by atomic mass is 19.1. The van der Waals surface area contributed by atoms with Crippen molar-refractivity contribution < 1.29 is 8.78 Å². The maximum Gasteiger partial charge on any atom is 0.218 e. The average Bonchev–Trinajstić information content (AvgIpc) is 2.30. The summed E-state index contributed by atoms with van der Waals surface area (Å²) < 4.78 is 26.0. The minimum Gasteiger partial charge on any atom is -0.369 e. The highest BCUT2D eigenvalue weighted by Crippen LogP contribution is 2.14. The molecule has 0 amide bonds. The number of nitrogens with one attached hydrogen (secondary N) is 1. The van der Waals surface area contributed by atoms with E-state index in [1.807, 2.05) is 13.8 Å². The lowest BCUT2D eigenvalue weighted by atomic mass is 10.2. The Morgan fingerprint density at radius 2 is 2.00 bits per heavy atom. The molecule has 0 bridgehead atoms. The number of nitrogens with zero attached hydrogens (tertiary/aromatic N) is 2. The Balaban J connectivity index is 2.73. The predicted octanol–water partition coefficient (Wildman–Crippen LogP) is 1.66. The standard InChI is InChI=1S/C12H17F2N5/c1-7(2)6-17-11(15)19-12(16)18-10-4-3-8(13)5-9(10)14/h3-5,7H,6H2,1-2H3,(H5,15,16,17,18,19). The Hall–Kier alpha value is -2.18. The topological polar surface area (TPSA) is 88.8 Å². The molecule has 0 aromatic heterocycles. The van der Waals surface area contributed by atoms with Crippen LogP contribution >= 0.6 is 0 Å². The second-order valence-corrected chi connectivity index (χ2v) is 4.34. The normalized spacial score (nSPS) is 12.9. The molecule has 5 nitrogen and oxygen atoms in total. The molecule has 0 aliphatic rings. The molecule has 7 heteroatoms. The molecule has 0 fully saturated rings. The predicted molar refractivity (Wildman–Crippen MR) is 72.9 cm³/mol. The van der Waals surface area contributed by atoms with Gasteiger partial charge in [-0.3, -0.25) is 4.99 Å². The summed E-state index contributed by atoms with van der Waals surface area (Å²) in [4.78, 5) is 7.73. The number of rotatable bonds is 3. The van der Waals surface area contributed by atoms with Crippen LogP contribution in [-0.2, 0) is 0 Å². The van der Waals surface area contributed by atoms with Crippen molar-refractivity contribution in [3.8, 4) is 0 Å². The van der Waals surface area contributed by atoms with E-state index in [0.717, 1.165) is 12.1 Å². The lowest BCUT2D eigenvalue weighted by Crippen LogP contribution is -2.26. The van der Waals surface area contributed by atoms with Gasteiger partial charge in [-0.15, -0.1) is 0 Å². The van der Waals surface area contributed by atoms with Crippen LogP contribution in [0.15, 0.2) is 28.2 Å². The molecule has 0 aliphatic heterocycles. The zero-order valence-corrected chi connectivity index (χ0v) is 10.8. The number of nitrogens with two attached hydrogens (primary N) is 2. The van der Waals surface area contributed by atoms with Gasteiger partial charge >= 0.3 is 0 Å². The first-order valence-corrected chi connectivity index (χ1v) is 5.74. The maximum absolute atomic E-state index is 13.3. The van der Waals surface area contributed by atoms with Crippen LogP contribution in [-0.4, -0.2) is 18.5 Å². The molecule has 1 aromatic rings. The Morgan fingerprint density at radius 3 is 2.58 bits per heavy atom. The van der Waals surface area contributed by atoms with Gasteiger partial charge in [-0.05, 0) is 18.1 Å². The molecule has 0 saturated carbocycles. The first-order chi connectivity index (χ1) is 8.88. The van der Waals surface area contributed by atoms with Gasteiger partial charge in [0.15, 0.2) is 0 Å². The monoisotopic (exact) mass is 269 g/mol. The van der Waals surface area contributed by atoms with E-state index in [1.54, 1.807) is 0 Å².